The number of sulfonamides is 1. The molecule has 0 aromatic heterocycles. The SMILES string of the molecule is CC1(C)Oc2ccc(C(=O)NS(=O)(=O)c3ccccc3C(F)(F)F)cc2[C@@H]2O[C@H](c3ccccc3)CC[C@H]21. The molecule has 3 atom stereocenters. The number of carbonyl (C=O) groups is 1. The van der Waals surface area contributed by atoms with Crippen LogP contribution >= 0.6 is 0 Å². The number of rotatable bonds is 4. The number of hydrogen-bond donors (Lipinski definition) is 1. The van der Waals surface area contributed by atoms with Crippen molar-refractivity contribution in [3.63, 3.8) is 0 Å². The number of fused-ring (bicyclic) bond motifs is 3. The normalized spacial score (nSPS) is 22.5. The second kappa shape index (κ2) is 9.43. The lowest BCUT2D eigenvalue weighted by atomic mass is 9.74. The van der Waals surface area contributed by atoms with Crippen LogP contribution in [0.5, 0.6) is 5.75 Å². The van der Waals surface area contributed by atoms with Crippen LogP contribution in [0, 0.1) is 5.92 Å². The quantitative estimate of drug-likeness (QED) is 0.422. The van der Waals surface area contributed by atoms with Gasteiger partial charge in [-0.2, -0.15) is 13.2 Å². The monoisotopic (exact) mass is 545 g/mol. The third-order valence-electron chi connectivity index (χ3n) is 7.14. The molecule has 1 N–H and O–H groups in total. The van der Waals surface area contributed by atoms with Crippen LogP contribution in [0.15, 0.2) is 77.7 Å². The van der Waals surface area contributed by atoms with Gasteiger partial charge in [-0.3, -0.25) is 4.79 Å². The fourth-order valence-corrected chi connectivity index (χ4v) is 6.48. The van der Waals surface area contributed by atoms with Crippen molar-refractivity contribution in [3.05, 3.63) is 95.1 Å². The van der Waals surface area contributed by atoms with Crippen molar-refractivity contribution in [1.29, 1.82) is 0 Å². The Bertz CT molecular complexity index is 1470. The van der Waals surface area contributed by atoms with Gasteiger partial charge in [0.25, 0.3) is 15.9 Å². The highest BCUT2D eigenvalue weighted by molar-refractivity contribution is 7.90. The minimum absolute atomic E-state index is 0.0318. The maximum atomic E-state index is 13.4. The van der Waals surface area contributed by atoms with E-state index in [0.717, 1.165) is 36.6 Å². The Labute approximate surface area is 218 Å². The lowest BCUT2D eigenvalue weighted by Gasteiger charge is -2.48. The zero-order valence-corrected chi connectivity index (χ0v) is 21.5. The first kappa shape index (κ1) is 26.2. The average molecular weight is 546 g/mol. The lowest BCUT2D eigenvalue weighted by molar-refractivity contribution is -0.151. The van der Waals surface area contributed by atoms with Gasteiger partial charge >= 0.3 is 6.18 Å². The Morgan fingerprint density at radius 1 is 0.974 bits per heavy atom. The molecule has 0 unspecified atom stereocenters. The van der Waals surface area contributed by atoms with E-state index in [1.165, 1.54) is 12.1 Å². The van der Waals surface area contributed by atoms with Gasteiger partial charge in [0.15, 0.2) is 0 Å². The highest BCUT2D eigenvalue weighted by atomic mass is 32.2. The molecule has 2 aliphatic heterocycles. The average Bonchev–Trinajstić information content (AvgIpc) is 2.88. The molecule has 1 amide bonds. The van der Waals surface area contributed by atoms with E-state index in [1.807, 2.05) is 44.2 Å². The fraction of sp³-hybridized carbons (Fsp3) is 0.321. The van der Waals surface area contributed by atoms with Gasteiger partial charge in [-0.05, 0) is 62.6 Å². The Hall–Kier alpha value is -3.37. The number of hydrogen-bond acceptors (Lipinski definition) is 5. The van der Waals surface area contributed by atoms with Gasteiger partial charge < -0.3 is 9.47 Å². The molecule has 200 valence electrons. The molecule has 3 aromatic carbocycles. The van der Waals surface area contributed by atoms with Crippen LogP contribution < -0.4 is 9.46 Å². The van der Waals surface area contributed by atoms with Crippen molar-refractivity contribution in [1.82, 2.24) is 4.72 Å². The van der Waals surface area contributed by atoms with E-state index < -0.39 is 44.3 Å². The molecule has 0 aliphatic carbocycles. The maximum absolute atomic E-state index is 13.4. The van der Waals surface area contributed by atoms with Crippen LogP contribution in [0.25, 0.3) is 0 Å². The number of nitrogens with one attached hydrogen (secondary N) is 1. The molecule has 2 aliphatic rings. The second-order valence-corrected chi connectivity index (χ2v) is 11.7. The zero-order valence-electron chi connectivity index (χ0n) is 20.7. The number of carbonyl (C=O) groups excluding carboxylic acids is 1. The Morgan fingerprint density at radius 3 is 2.37 bits per heavy atom. The van der Waals surface area contributed by atoms with Crippen molar-refractivity contribution in [2.75, 3.05) is 0 Å². The Kier molecular flexibility index (Phi) is 6.51. The van der Waals surface area contributed by atoms with Crippen LogP contribution in [0.2, 0.25) is 0 Å². The zero-order chi connectivity index (χ0) is 27.3. The lowest BCUT2D eigenvalue weighted by Crippen LogP contribution is -2.47. The summed E-state index contributed by atoms with van der Waals surface area (Å²) in [5, 5.41) is 0. The van der Waals surface area contributed by atoms with Crippen molar-refractivity contribution in [3.8, 4) is 5.75 Å². The van der Waals surface area contributed by atoms with E-state index in [0.29, 0.717) is 17.4 Å². The molecular formula is C28H26F3NO5S. The van der Waals surface area contributed by atoms with Crippen LogP contribution in [-0.2, 0) is 20.9 Å². The van der Waals surface area contributed by atoms with E-state index in [4.69, 9.17) is 9.47 Å². The summed E-state index contributed by atoms with van der Waals surface area (Å²) in [6, 6.07) is 17.9. The molecule has 0 spiro atoms. The van der Waals surface area contributed by atoms with E-state index in [1.54, 1.807) is 10.8 Å². The predicted octanol–water partition coefficient (Wildman–Crippen LogP) is 6.20. The summed E-state index contributed by atoms with van der Waals surface area (Å²) in [5.41, 5.74) is -0.319. The van der Waals surface area contributed by atoms with Crippen molar-refractivity contribution < 1.29 is 35.9 Å². The van der Waals surface area contributed by atoms with E-state index in [-0.39, 0.29) is 17.6 Å². The van der Waals surface area contributed by atoms with E-state index >= 15 is 0 Å². The fourth-order valence-electron chi connectivity index (χ4n) is 5.27. The Balaban J connectivity index is 1.46. The van der Waals surface area contributed by atoms with Gasteiger partial charge in [0.1, 0.15) is 11.4 Å². The van der Waals surface area contributed by atoms with Crippen molar-refractivity contribution in [2.24, 2.45) is 5.92 Å². The third kappa shape index (κ3) is 4.90. The van der Waals surface area contributed by atoms with Crippen LogP contribution in [0.4, 0.5) is 13.2 Å². The minimum Gasteiger partial charge on any atom is -0.487 e. The van der Waals surface area contributed by atoms with Crippen LogP contribution in [0.3, 0.4) is 0 Å². The molecule has 0 radical (unpaired) electrons. The first-order chi connectivity index (χ1) is 17.9. The van der Waals surface area contributed by atoms with Crippen LogP contribution in [0.1, 0.15) is 65.9 Å². The maximum Gasteiger partial charge on any atom is 0.417 e. The molecule has 5 rings (SSSR count). The molecule has 2 heterocycles. The largest absolute Gasteiger partial charge is 0.487 e. The molecule has 0 bridgehead atoms. The topological polar surface area (TPSA) is 81.7 Å². The molecule has 3 aromatic rings. The number of amides is 1. The summed E-state index contributed by atoms with van der Waals surface area (Å²) in [5.74, 6) is -0.580. The Morgan fingerprint density at radius 2 is 1.66 bits per heavy atom. The summed E-state index contributed by atoms with van der Waals surface area (Å²) in [6.07, 6.45) is -3.92. The molecule has 38 heavy (non-hydrogen) atoms. The van der Waals surface area contributed by atoms with Gasteiger partial charge in [0.05, 0.1) is 22.7 Å². The minimum atomic E-state index is -4.91. The number of benzene rings is 3. The van der Waals surface area contributed by atoms with E-state index in [9.17, 15) is 26.4 Å². The van der Waals surface area contributed by atoms with E-state index in [2.05, 4.69) is 0 Å². The summed E-state index contributed by atoms with van der Waals surface area (Å²) in [6.45, 7) is 3.95. The summed E-state index contributed by atoms with van der Waals surface area (Å²) in [4.78, 5) is 12.0. The molecule has 6 nitrogen and oxygen atoms in total. The highest BCUT2D eigenvalue weighted by Gasteiger charge is 2.48. The van der Waals surface area contributed by atoms with Gasteiger partial charge in [0.2, 0.25) is 0 Å². The van der Waals surface area contributed by atoms with Gasteiger partial charge in [-0.25, -0.2) is 13.1 Å². The molecule has 0 saturated carbocycles. The molecule has 10 heteroatoms. The molecule has 1 fully saturated rings. The van der Waals surface area contributed by atoms with Gasteiger partial charge in [-0.15, -0.1) is 0 Å². The highest BCUT2D eigenvalue weighted by Crippen LogP contribution is 2.53. The molecular weight excluding hydrogens is 519 g/mol. The van der Waals surface area contributed by atoms with Gasteiger partial charge in [-0.1, -0.05) is 42.5 Å². The predicted molar refractivity (Wildman–Crippen MR) is 133 cm³/mol. The summed E-state index contributed by atoms with van der Waals surface area (Å²) >= 11 is 0. The third-order valence-corrected chi connectivity index (χ3v) is 8.53. The standard InChI is InChI=1S/C28H26F3NO5S/c1-27(2)21-13-15-22(17-8-4-3-5-9-17)36-25(21)19-16-18(12-14-23(19)37-27)26(33)32-38(34,35)24-11-7-6-10-20(24)28(29,30)31/h3-12,14,16,21-22,25H,13,15H2,1-2H3,(H,32,33)/t21-,22+,25+/m1/s1. The summed E-state index contributed by atoms with van der Waals surface area (Å²) < 4.78 is 80.4. The van der Waals surface area contributed by atoms with Crippen LogP contribution in [-0.4, -0.2) is 19.9 Å². The first-order valence-corrected chi connectivity index (χ1v) is 13.6. The number of alkyl halides is 3. The number of halogens is 3. The van der Waals surface area contributed by atoms with Crippen molar-refractivity contribution in [2.45, 2.75) is 55.6 Å². The summed E-state index contributed by atoms with van der Waals surface area (Å²) in [7, 11) is -4.81. The molecule has 1 saturated heterocycles. The first-order valence-electron chi connectivity index (χ1n) is 12.1. The smallest absolute Gasteiger partial charge is 0.417 e. The van der Waals surface area contributed by atoms with Crippen molar-refractivity contribution >= 4 is 15.9 Å². The second-order valence-electron chi connectivity index (χ2n) is 10.0. The van der Waals surface area contributed by atoms with Gasteiger partial charge in [0, 0.05) is 17.0 Å². The number of ether oxygens (including phenoxy) is 2.